The van der Waals surface area contributed by atoms with E-state index in [4.69, 9.17) is 18.9 Å². The van der Waals surface area contributed by atoms with E-state index in [2.05, 4.69) is 16.9 Å². The molecule has 0 atom stereocenters. The molecule has 1 aromatic carbocycles. The first kappa shape index (κ1) is 22.2. The van der Waals surface area contributed by atoms with Crippen LogP contribution in [0.2, 0.25) is 0 Å². The van der Waals surface area contributed by atoms with Crippen LogP contribution in [0.4, 0.5) is 5.82 Å². The van der Waals surface area contributed by atoms with E-state index in [1.165, 1.54) is 0 Å². The van der Waals surface area contributed by atoms with Gasteiger partial charge in [-0.2, -0.15) is 0 Å². The highest BCUT2D eigenvalue weighted by atomic mass is 16.5. The van der Waals surface area contributed by atoms with Gasteiger partial charge < -0.3 is 23.3 Å². The van der Waals surface area contributed by atoms with E-state index in [1.807, 2.05) is 25.1 Å². The van der Waals surface area contributed by atoms with Gasteiger partial charge in [0.25, 0.3) is 0 Å². The molecule has 3 heterocycles. The fourth-order valence-corrected chi connectivity index (χ4v) is 4.27. The Balaban J connectivity index is 1.71. The molecule has 0 saturated carbocycles. The van der Waals surface area contributed by atoms with E-state index < -0.39 is 0 Å². The topological polar surface area (TPSA) is 77.7 Å². The molecule has 8 nitrogen and oxygen atoms in total. The van der Waals surface area contributed by atoms with Crippen molar-refractivity contribution in [3.63, 3.8) is 0 Å². The average Bonchev–Trinajstić information content (AvgIpc) is 2.82. The Hall–Kier alpha value is -2.97. The molecule has 1 saturated heterocycles. The second-order valence-electron chi connectivity index (χ2n) is 8.49. The Morgan fingerprint density at radius 3 is 2.69 bits per heavy atom. The van der Waals surface area contributed by atoms with Crippen LogP contribution in [-0.2, 0) is 11.2 Å². The number of rotatable bonds is 7. The third-order valence-electron chi connectivity index (χ3n) is 6.38. The molecule has 1 aliphatic heterocycles. The van der Waals surface area contributed by atoms with Gasteiger partial charge in [0.1, 0.15) is 18.1 Å². The number of benzene rings is 1. The maximum Gasteiger partial charge on any atom is 0.347 e. The maximum atomic E-state index is 12.9. The first-order valence-electron chi connectivity index (χ1n) is 11.0. The standard InChI is InChI=1S/C24H31N4O4/c1-5-17-15-18(31-4)16-20-21(17)24(29)32-23(26-20)19-7-6-8-25-22(19)27-9-11-28(2,12-10-27)13-14-30-3/h6-8,15-16H,5,9-14H2,1-4H3/q+1. The molecule has 170 valence electrons. The molecule has 0 spiro atoms. The molecule has 1 aliphatic rings. The summed E-state index contributed by atoms with van der Waals surface area (Å²) in [6, 6.07) is 7.40. The van der Waals surface area contributed by atoms with Gasteiger partial charge in [0, 0.05) is 19.4 Å². The first-order chi connectivity index (χ1) is 15.5. The summed E-state index contributed by atoms with van der Waals surface area (Å²) in [5, 5.41) is 0.506. The van der Waals surface area contributed by atoms with Gasteiger partial charge in [-0.05, 0) is 30.2 Å². The van der Waals surface area contributed by atoms with E-state index in [0.29, 0.717) is 23.1 Å². The molecular weight excluding hydrogens is 408 g/mol. The molecule has 32 heavy (non-hydrogen) atoms. The Morgan fingerprint density at radius 2 is 2.00 bits per heavy atom. The summed E-state index contributed by atoms with van der Waals surface area (Å²) in [7, 11) is 5.62. The van der Waals surface area contributed by atoms with Crippen molar-refractivity contribution in [3.05, 3.63) is 46.4 Å². The summed E-state index contributed by atoms with van der Waals surface area (Å²) in [6.07, 6.45) is 2.45. The molecule has 4 rings (SSSR count). The number of anilines is 1. The van der Waals surface area contributed by atoms with Crippen LogP contribution in [0.1, 0.15) is 12.5 Å². The molecule has 0 unspecified atom stereocenters. The number of aryl methyl sites for hydroxylation is 1. The number of fused-ring (bicyclic) bond motifs is 1. The second-order valence-corrected chi connectivity index (χ2v) is 8.49. The van der Waals surface area contributed by atoms with Crippen molar-refractivity contribution in [1.82, 2.24) is 9.97 Å². The summed E-state index contributed by atoms with van der Waals surface area (Å²) >= 11 is 0. The number of ether oxygens (including phenoxy) is 2. The lowest BCUT2D eigenvalue weighted by atomic mass is 10.1. The van der Waals surface area contributed by atoms with Crippen molar-refractivity contribution >= 4 is 16.7 Å². The Labute approximate surface area is 188 Å². The summed E-state index contributed by atoms with van der Waals surface area (Å²) in [5.74, 6) is 1.75. The van der Waals surface area contributed by atoms with Crippen LogP contribution in [0, 0.1) is 0 Å². The van der Waals surface area contributed by atoms with Crippen molar-refractivity contribution in [2.24, 2.45) is 0 Å². The number of hydrogen-bond acceptors (Lipinski definition) is 7. The van der Waals surface area contributed by atoms with Crippen LogP contribution < -0.4 is 15.3 Å². The zero-order valence-corrected chi connectivity index (χ0v) is 19.3. The molecule has 0 aliphatic carbocycles. The van der Waals surface area contributed by atoms with E-state index >= 15 is 0 Å². The zero-order valence-electron chi connectivity index (χ0n) is 19.3. The minimum absolute atomic E-state index is 0.281. The number of methoxy groups -OCH3 is 2. The van der Waals surface area contributed by atoms with Crippen LogP contribution in [0.25, 0.3) is 22.4 Å². The SMILES string of the molecule is CCc1cc(OC)cc2nc(-c3cccnc3N3CC[N+](C)(CCOC)CC3)oc(=O)c12. The highest BCUT2D eigenvalue weighted by Crippen LogP contribution is 2.30. The smallest absolute Gasteiger partial charge is 0.347 e. The summed E-state index contributed by atoms with van der Waals surface area (Å²) in [4.78, 5) is 24.5. The lowest BCUT2D eigenvalue weighted by molar-refractivity contribution is -0.910. The number of piperazine rings is 1. The maximum absolute atomic E-state index is 12.9. The number of hydrogen-bond donors (Lipinski definition) is 0. The lowest BCUT2D eigenvalue weighted by Gasteiger charge is -2.42. The van der Waals surface area contributed by atoms with Crippen LogP contribution in [0.3, 0.4) is 0 Å². The minimum Gasteiger partial charge on any atom is -0.497 e. The number of likely N-dealkylation sites (N-methyl/N-ethyl adjacent to an activating group) is 1. The van der Waals surface area contributed by atoms with Crippen molar-refractivity contribution in [2.45, 2.75) is 13.3 Å². The lowest BCUT2D eigenvalue weighted by Crippen LogP contribution is -2.58. The van der Waals surface area contributed by atoms with Crippen LogP contribution in [-0.4, -0.2) is 75.0 Å². The molecule has 8 heteroatoms. The predicted molar refractivity (Wildman–Crippen MR) is 124 cm³/mol. The highest BCUT2D eigenvalue weighted by Gasteiger charge is 2.30. The second kappa shape index (κ2) is 9.26. The summed E-state index contributed by atoms with van der Waals surface area (Å²) in [6.45, 7) is 7.43. The quantitative estimate of drug-likeness (QED) is 0.524. The van der Waals surface area contributed by atoms with Crippen molar-refractivity contribution < 1.29 is 18.4 Å². The van der Waals surface area contributed by atoms with Gasteiger partial charge in [-0.3, -0.25) is 0 Å². The average molecular weight is 440 g/mol. The Kier molecular flexibility index (Phi) is 6.43. The normalized spacial score (nSPS) is 15.8. The Bertz CT molecular complexity index is 1150. The monoisotopic (exact) mass is 439 g/mol. The zero-order chi connectivity index (χ0) is 22.7. The number of quaternary nitrogens is 1. The third-order valence-corrected chi connectivity index (χ3v) is 6.38. The van der Waals surface area contributed by atoms with Gasteiger partial charge in [0.15, 0.2) is 0 Å². The molecule has 0 radical (unpaired) electrons. The van der Waals surface area contributed by atoms with E-state index in [0.717, 1.165) is 60.8 Å². The largest absolute Gasteiger partial charge is 0.497 e. The number of pyridine rings is 1. The van der Waals surface area contributed by atoms with Crippen LogP contribution >= 0.6 is 0 Å². The minimum atomic E-state index is -0.387. The molecule has 0 N–H and O–H groups in total. The molecular formula is C24H31N4O4+. The van der Waals surface area contributed by atoms with Crippen molar-refractivity contribution in [2.75, 3.05) is 65.5 Å². The molecule has 0 amide bonds. The Morgan fingerprint density at radius 1 is 1.22 bits per heavy atom. The van der Waals surface area contributed by atoms with Crippen LogP contribution in [0.15, 0.2) is 39.7 Å². The predicted octanol–water partition coefficient (Wildman–Crippen LogP) is 2.73. The van der Waals surface area contributed by atoms with Gasteiger partial charge in [-0.1, -0.05) is 6.92 Å². The molecule has 1 fully saturated rings. The van der Waals surface area contributed by atoms with Crippen molar-refractivity contribution in [1.29, 1.82) is 0 Å². The fraction of sp³-hybridized carbons (Fsp3) is 0.458. The van der Waals surface area contributed by atoms with Crippen molar-refractivity contribution in [3.8, 4) is 17.2 Å². The fourth-order valence-electron chi connectivity index (χ4n) is 4.27. The van der Waals surface area contributed by atoms with Gasteiger partial charge in [0.2, 0.25) is 5.89 Å². The van der Waals surface area contributed by atoms with Gasteiger partial charge in [-0.25, -0.2) is 14.8 Å². The molecule has 3 aromatic rings. The van der Waals surface area contributed by atoms with Gasteiger partial charge in [0.05, 0.1) is 63.4 Å². The van der Waals surface area contributed by atoms with E-state index in [1.54, 1.807) is 26.5 Å². The van der Waals surface area contributed by atoms with E-state index in [9.17, 15) is 4.79 Å². The molecule has 2 aromatic heterocycles. The number of nitrogens with zero attached hydrogens (tertiary/aromatic N) is 4. The highest BCUT2D eigenvalue weighted by molar-refractivity contribution is 5.84. The van der Waals surface area contributed by atoms with Crippen LogP contribution in [0.5, 0.6) is 5.75 Å². The van der Waals surface area contributed by atoms with E-state index in [-0.39, 0.29) is 11.5 Å². The summed E-state index contributed by atoms with van der Waals surface area (Å²) < 4.78 is 17.4. The van der Waals surface area contributed by atoms with Gasteiger partial charge in [-0.15, -0.1) is 0 Å². The third kappa shape index (κ3) is 4.33. The first-order valence-corrected chi connectivity index (χ1v) is 11.0. The van der Waals surface area contributed by atoms with Gasteiger partial charge >= 0.3 is 5.63 Å². The molecule has 0 bridgehead atoms. The summed E-state index contributed by atoms with van der Waals surface area (Å²) in [5.41, 5.74) is 1.77. The number of aromatic nitrogens is 2.